The standard InChI is InChI=1S/C12H14ClNO4S/c1-8-4-5-11(9(13)7-8)19(17,18)14-6-2-3-10(14)12(15)16/h4-5,7,10H,2-3,6H2,1H3,(H,15,16)/t10-/m1/s1. The molecule has 2 rings (SSSR count). The monoisotopic (exact) mass is 303 g/mol. The minimum absolute atomic E-state index is 0.0343. The van der Waals surface area contributed by atoms with Gasteiger partial charge in [0.15, 0.2) is 0 Å². The Kier molecular flexibility index (Phi) is 3.85. The van der Waals surface area contributed by atoms with Crippen LogP contribution in [0.2, 0.25) is 5.02 Å². The van der Waals surface area contributed by atoms with Crippen molar-refractivity contribution in [2.45, 2.75) is 30.7 Å². The van der Waals surface area contributed by atoms with Crippen LogP contribution in [0.1, 0.15) is 18.4 Å². The molecule has 1 heterocycles. The van der Waals surface area contributed by atoms with Gasteiger partial charge in [0.2, 0.25) is 10.0 Å². The van der Waals surface area contributed by atoms with E-state index in [1.165, 1.54) is 6.07 Å². The van der Waals surface area contributed by atoms with Crippen LogP contribution >= 0.6 is 11.6 Å². The van der Waals surface area contributed by atoms with E-state index in [-0.39, 0.29) is 16.5 Å². The lowest BCUT2D eigenvalue weighted by molar-refractivity contribution is -0.140. The second-order valence-corrected chi connectivity index (χ2v) is 6.81. The van der Waals surface area contributed by atoms with Gasteiger partial charge in [-0.15, -0.1) is 0 Å². The first kappa shape index (κ1) is 14.3. The van der Waals surface area contributed by atoms with Crippen LogP contribution in [0.3, 0.4) is 0 Å². The highest BCUT2D eigenvalue weighted by molar-refractivity contribution is 7.89. The number of hydrogen-bond acceptors (Lipinski definition) is 3. The van der Waals surface area contributed by atoms with Crippen LogP contribution in [0.4, 0.5) is 0 Å². The predicted molar refractivity (Wildman–Crippen MR) is 70.7 cm³/mol. The van der Waals surface area contributed by atoms with E-state index in [1.807, 2.05) is 0 Å². The molecule has 1 N–H and O–H groups in total. The molecule has 5 nitrogen and oxygen atoms in total. The molecule has 104 valence electrons. The molecule has 0 radical (unpaired) electrons. The number of benzene rings is 1. The summed E-state index contributed by atoms with van der Waals surface area (Å²) in [7, 11) is -3.86. The van der Waals surface area contributed by atoms with E-state index >= 15 is 0 Å². The number of hydrogen-bond donors (Lipinski definition) is 1. The molecule has 0 spiro atoms. The number of nitrogens with zero attached hydrogens (tertiary/aromatic N) is 1. The lowest BCUT2D eigenvalue weighted by Crippen LogP contribution is -2.40. The number of aryl methyl sites for hydroxylation is 1. The van der Waals surface area contributed by atoms with E-state index in [2.05, 4.69) is 0 Å². The average Bonchev–Trinajstić information content (AvgIpc) is 2.77. The molecule has 0 saturated carbocycles. The summed E-state index contributed by atoms with van der Waals surface area (Å²) in [6.07, 6.45) is 0.873. The molecular weight excluding hydrogens is 290 g/mol. The Labute approximate surface area is 116 Å². The Morgan fingerprint density at radius 3 is 2.74 bits per heavy atom. The zero-order valence-corrected chi connectivity index (χ0v) is 11.9. The molecule has 1 aromatic rings. The summed E-state index contributed by atoms with van der Waals surface area (Å²) in [6.45, 7) is 2.02. The summed E-state index contributed by atoms with van der Waals surface area (Å²) in [6, 6.07) is 3.62. The molecule has 0 unspecified atom stereocenters. The second-order valence-electron chi connectivity index (χ2n) is 4.55. The van der Waals surface area contributed by atoms with Crippen LogP contribution in [0, 0.1) is 6.92 Å². The molecule has 19 heavy (non-hydrogen) atoms. The van der Waals surface area contributed by atoms with Gasteiger partial charge in [0.1, 0.15) is 10.9 Å². The highest BCUT2D eigenvalue weighted by atomic mass is 35.5. The molecule has 1 saturated heterocycles. The van der Waals surface area contributed by atoms with Gasteiger partial charge in [0.25, 0.3) is 0 Å². The van der Waals surface area contributed by atoms with Gasteiger partial charge in [-0.3, -0.25) is 4.79 Å². The maximum atomic E-state index is 12.5. The van der Waals surface area contributed by atoms with Gasteiger partial charge >= 0.3 is 5.97 Å². The van der Waals surface area contributed by atoms with Crippen molar-refractivity contribution < 1.29 is 18.3 Å². The summed E-state index contributed by atoms with van der Waals surface area (Å²) >= 11 is 5.97. The summed E-state index contributed by atoms with van der Waals surface area (Å²) in [4.78, 5) is 11.1. The fourth-order valence-corrected chi connectivity index (χ4v) is 4.44. The Morgan fingerprint density at radius 1 is 1.47 bits per heavy atom. The quantitative estimate of drug-likeness (QED) is 0.925. The van der Waals surface area contributed by atoms with Crippen molar-refractivity contribution in [2.24, 2.45) is 0 Å². The molecule has 1 atom stereocenters. The number of halogens is 1. The zero-order chi connectivity index (χ0) is 14.2. The topological polar surface area (TPSA) is 74.7 Å². The van der Waals surface area contributed by atoms with E-state index in [1.54, 1.807) is 19.1 Å². The summed E-state index contributed by atoms with van der Waals surface area (Å²) in [5.41, 5.74) is 0.847. The number of rotatable bonds is 3. The highest BCUT2D eigenvalue weighted by Crippen LogP contribution is 2.30. The molecule has 0 aromatic heterocycles. The summed E-state index contributed by atoms with van der Waals surface area (Å²) < 4.78 is 25.9. The predicted octanol–water partition coefficient (Wildman–Crippen LogP) is 1.89. The lowest BCUT2D eigenvalue weighted by atomic mass is 10.2. The van der Waals surface area contributed by atoms with Gasteiger partial charge in [0.05, 0.1) is 5.02 Å². The fraction of sp³-hybridized carbons (Fsp3) is 0.417. The van der Waals surface area contributed by atoms with Gasteiger partial charge < -0.3 is 5.11 Å². The van der Waals surface area contributed by atoms with Crippen molar-refractivity contribution in [1.29, 1.82) is 0 Å². The Morgan fingerprint density at radius 2 is 2.16 bits per heavy atom. The molecule has 0 aliphatic carbocycles. The number of sulfonamides is 1. The van der Waals surface area contributed by atoms with Gasteiger partial charge in [-0.05, 0) is 37.5 Å². The van der Waals surface area contributed by atoms with Crippen LogP contribution in [0.5, 0.6) is 0 Å². The van der Waals surface area contributed by atoms with Crippen LogP contribution in [-0.2, 0) is 14.8 Å². The van der Waals surface area contributed by atoms with E-state index in [0.29, 0.717) is 12.8 Å². The average molecular weight is 304 g/mol. The third-order valence-electron chi connectivity index (χ3n) is 3.16. The van der Waals surface area contributed by atoms with Crippen LogP contribution < -0.4 is 0 Å². The molecule has 0 bridgehead atoms. The molecule has 1 aromatic carbocycles. The molecule has 0 amide bonds. The maximum Gasteiger partial charge on any atom is 0.322 e. The van der Waals surface area contributed by atoms with Crippen molar-refractivity contribution in [3.63, 3.8) is 0 Å². The van der Waals surface area contributed by atoms with Gasteiger partial charge in [0, 0.05) is 6.54 Å². The smallest absolute Gasteiger partial charge is 0.322 e. The van der Waals surface area contributed by atoms with Crippen molar-refractivity contribution in [1.82, 2.24) is 4.31 Å². The first-order valence-electron chi connectivity index (χ1n) is 5.85. The Hall–Kier alpha value is -1.11. The number of carbonyl (C=O) groups is 1. The van der Waals surface area contributed by atoms with Gasteiger partial charge in [-0.1, -0.05) is 17.7 Å². The zero-order valence-electron chi connectivity index (χ0n) is 10.3. The normalized spacial score (nSPS) is 20.6. The summed E-state index contributed by atoms with van der Waals surface area (Å²) in [5.74, 6) is -1.12. The van der Waals surface area contributed by atoms with E-state index in [4.69, 9.17) is 16.7 Å². The van der Waals surface area contributed by atoms with Crippen LogP contribution in [0.15, 0.2) is 23.1 Å². The largest absolute Gasteiger partial charge is 0.480 e. The molecule has 1 aliphatic heterocycles. The van der Waals surface area contributed by atoms with Crippen LogP contribution in [-0.4, -0.2) is 36.4 Å². The SMILES string of the molecule is Cc1ccc(S(=O)(=O)N2CCC[C@@H]2C(=O)O)c(Cl)c1. The highest BCUT2D eigenvalue weighted by Gasteiger charge is 2.40. The lowest BCUT2D eigenvalue weighted by Gasteiger charge is -2.21. The fourth-order valence-electron chi connectivity index (χ4n) is 2.22. The van der Waals surface area contributed by atoms with E-state index in [9.17, 15) is 13.2 Å². The van der Waals surface area contributed by atoms with Gasteiger partial charge in [-0.25, -0.2) is 8.42 Å². The Balaban J connectivity index is 2.45. The van der Waals surface area contributed by atoms with Crippen molar-refractivity contribution in [2.75, 3.05) is 6.54 Å². The number of carboxylic acid groups (broad SMARTS) is 1. The first-order chi connectivity index (χ1) is 8.84. The van der Waals surface area contributed by atoms with Crippen molar-refractivity contribution >= 4 is 27.6 Å². The Bertz CT molecular complexity index is 614. The van der Waals surface area contributed by atoms with E-state index < -0.39 is 22.0 Å². The second kappa shape index (κ2) is 5.11. The number of aliphatic carboxylic acids is 1. The van der Waals surface area contributed by atoms with E-state index in [0.717, 1.165) is 9.87 Å². The third-order valence-corrected chi connectivity index (χ3v) is 5.55. The molecule has 1 aliphatic rings. The van der Waals surface area contributed by atoms with Gasteiger partial charge in [-0.2, -0.15) is 4.31 Å². The van der Waals surface area contributed by atoms with Crippen molar-refractivity contribution in [3.05, 3.63) is 28.8 Å². The molecule has 7 heteroatoms. The minimum atomic E-state index is -3.86. The van der Waals surface area contributed by atoms with Crippen molar-refractivity contribution in [3.8, 4) is 0 Å². The maximum absolute atomic E-state index is 12.5. The third kappa shape index (κ3) is 2.61. The first-order valence-corrected chi connectivity index (χ1v) is 7.66. The molecule has 1 fully saturated rings. The minimum Gasteiger partial charge on any atom is -0.480 e. The summed E-state index contributed by atoms with van der Waals surface area (Å²) in [5, 5.41) is 9.19. The number of carboxylic acids is 1. The van der Waals surface area contributed by atoms with Crippen LogP contribution in [0.25, 0.3) is 0 Å². The molecular formula is C12H14ClNO4S.